The second kappa shape index (κ2) is 4.32. The SMILES string of the molecule is CC(C)=C1C(C)=C2CCCC[C@H]2[C@H]2C(=O)OC(=O)[C@@H]12. The smallest absolute Gasteiger partial charge is 0.321 e. The molecule has 0 spiro atoms. The van der Waals surface area contributed by atoms with Gasteiger partial charge in [-0.3, -0.25) is 9.59 Å². The van der Waals surface area contributed by atoms with Gasteiger partial charge in [0.2, 0.25) is 0 Å². The van der Waals surface area contributed by atoms with Crippen molar-refractivity contribution in [3.8, 4) is 0 Å². The van der Waals surface area contributed by atoms with Gasteiger partial charge in [0, 0.05) is 0 Å². The van der Waals surface area contributed by atoms with Crippen LogP contribution >= 0.6 is 0 Å². The van der Waals surface area contributed by atoms with Crippen LogP contribution < -0.4 is 0 Å². The van der Waals surface area contributed by atoms with E-state index in [4.69, 9.17) is 4.74 Å². The van der Waals surface area contributed by atoms with Crippen LogP contribution in [0.25, 0.3) is 0 Å². The molecule has 1 saturated heterocycles. The van der Waals surface area contributed by atoms with Gasteiger partial charge in [0.25, 0.3) is 0 Å². The van der Waals surface area contributed by atoms with Gasteiger partial charge in [-0.05, 0) is 57.1 Å². The van der Waals surface area contributed by atoms with E-state index in [1.807, 2.05) is 13.8 Å². The molecule has 1 heterocycles. The van der Waals surface area contributed by atoms with Crippen molar-refractivity contribution in [1.29, 1.82) is 0 Å². The summed E-state index contributed by atoms with van der Waals surface area (Å²) in [7, 11) is 0. The molecule has 1 aliphatic heterocycles. The molecule has 3 rings (SSSR count). The molecule has 3 nitrogen and oxygen atoms in total. The molecule has 0 unspecified atom stereocenters. The van der Waals surface area contributed by atoms with Crippen LogP contribution in [0, 0.1) is 17.8 Å². The lowest BCUT2D eigenvalue weighted by Gasteiger charge is -2.38. The standard InChI is InChI=1S/C16H20O3/c1-8(2)12-9(3)10-6-4-5-7-11(10)13-14(12)16(18)19-15(13)17/h11,13-14H,4-7H2,1-3H3/t11-,13-,14+/m1/s1. The molecule has 3 heteroatoms. The number of cyclic esters (lactones) is 2. The first kappa shape index (κ1) is 12.6. The van der Waals surface area contributed by atoms with E-state index in [1.165, 1.54) is 17.6 Å². The highest BCUT2D eigenvalue weighted by molar-refractivity contribution is 6.00. The zero-order chi connectivity index (χ0) is 13.7. The fraction of sp³-hybridized carbons (Fsp3) is 0.625. The van der Waals surface area contributed by atoms with Crippen molar-refractivity contribution in [3.05, 3.63) is 22.3 Å². The van der Waals surface area contributed by atoms with Gasteiger partial charge >= 0.3 is 11.9 Å². The number of carbonyl (C=O) groups excluding carboxylic acids is 2. The summed E-state index contributed by atoms with van der Waals surface area (Å²) in [5, 5.41) is 0. The molecule has 2 fully saturated rings. The maximum atomic E-state index is 12.1. The average molecular weight is 260 g/mol. The quantitative estimate of drug-likeness (QED) is 0.496. The molecule has 0 radical (unpaired) electrons. The Kier molecular flexibility index (Phi) is 2.88. The van der Waals surface area contributed by atoms with E-state index in [0.29, 0.717) is 0 Å². The molecule has 19 heavy (non-hydrogen) atoms. The fourth-order valence-electron chi connectivity index (χ4n) is 4.20. The van der Waals surface area contributed by atoms with E-state index in [2.05, 4.69) is 6.92 Å². The monoisotopic (exact) mass is 260 g/mol. The number of hydrogen-bond acceptors (Lipinski definition) is 3. The molecule has 3 atom stereocenters. The maximum absolute atomic E-state index is 12.1. The average Bonchev–Trinajstić information content (AvgIpc) is 2.65. The van der Waals surface area contributed by atoms with Gasteiger partial charge in [0.1, 0.15) is 0 Å². The molecule has 0 aromatic carbocycles. The Morgan fingerprint density at radius 1 is 1.16 bits per heavy atom. The van der Waals surface area contributed by atoms with E-state index in [0.717, 1.165) is 30.4 Å². The van der Waals surface area contributed by atoms with E-state index in [1.54, 1.807) is 0 Å². The van der Waals surface area contributed by atoms with Gasteiger partial charge in [-0.25, -0.2) is 0 Å². The third kappa shape index (κ3) is 1.71. The van der Waals surface area contributed by atoms with Crippen LogP contribution in [-0.4, -0.2) is 11.9 Å². The fourth-order valence-corrected chi connectivity index (χ4v) is 4.20. The Hall–Kier alpha value is -1.38. The molecule has 0 amide bonds. The molecule has 2 aliphatic carbocycles. The summed E-state index contributed by atoms with van der Waals surface area (Å²) in [6, 6.07) is 0. The Bertz CT molecular complexity index is 520. The second-order valence-corrected chi connectivity index (χ2v) is 6.16. The van der Waals surface area contributed by atoms with Crippen LogP contribution in [0.15, 0.2) is 22.3 Å². The van der Waals surface area contributed by atoms with Crippen molar-refractivity contribution < 1.29 is 14.3 Å². The number of esters is 2. The summed E-state index contributed by atoms with van der Waals surface area (Å²) >= 11 is 0. The van der Waals surface area contributed by atoms with Crippen molar-refractivity contribution in [3.63, 3.8) is 0 Å². The lowest BCUT2D eigenvalue weighted by Crippen LogP contribution is -2.35. The van der Waals surface area contributed by atoms with E-state index in [9.17, 15) is 9.59 Å². The summed E-state index contributed by atoms with van der Waals surface area (Å²) in [5.41, 5.74) is 4.85. The third-order valence-electron chi connectivity index (χ3n) is 4.91. The minimum atomic E-state index is -0.343. The van der Waals surface area contributed by atoms with Gasteiger partial charge in [-0.1, -0.05) is 17.6 Å². The van der Waals surface area contributed by atoms with Crippen molar-refractivity contribution in [2.24, 2.45) is 17.8 Å². The van der Waals surface area contributed by atoms with E-state index in [-0.39, 0.29) is 29.7 Å². The van der Waals surface area contributed by atoms with Crippen LogP contribution in [0.5, 0.6) is 0 Å². The molecular weight excluding hydrogens is 240 g/mol. The molecule has 0 N–H and O–H groups in total. The maximum Gasteiger partial charge on any atom is 0.321 e. The van der Waals surface area contributed by atoms with Gasteiger partial charge in [-0.2, -0.15) is 0 Å². The van der Waals surface area contributed by atoms with Crippen molar-refractivity contribution in [2.75, 3.05) is 0 Å². The van der Waals surface area contributed by atoms with E-state index < -0.39 is 0 Å². The molecule has 1 saturated carbocycles. The van der Waals surface area contributed by atoms with Crippen LogP contribution in [0.2, 0.25) is 0 Å². The largest absolute Gasteiger partial charge is 0.392 e. The number of rotatable bonds is 0. The predicted octanol–water partition coefficient (Wildman–Crippen LogP) is 3.16. The number of ether oxygens (including phenoxy) is 1. The summed E-state index contributed by atoms with van der Waals surface area (Å²) in [5.74, 6) is -0.998. The minimum Gasteiger partial charge on any atom is -0.392 e. The van der Waals surface area contributed by atoms with Crippen LogP contribution in [0.3, 0.4) is 0 Å². The predicted molar refractivity (Wildman–Crippen MR) is 71.1 cm³/mol. The van der Waals surface area contributed by atoms with E-state index >= 15 is 0 Å². The van der Waals surface area contributed by atoms with Gasteiger partial charge in [-0.15, -0.1) is 0 Å². The van der Waals surface area contributed by atoms with Gasteiger partial charge in [0.05, 0.1) is 11.8 Å². The van der Waals surface area contributed by atoms with Crippen LogP contribution in [0.1, 0.15) is 46.5 Å². The zero-order valence-corrected chi connectivity index (χ0v) is 11.8. The lowest BCUT2D eigenvalue weighted by molar-refractivity contribution is -0.153. The van der Waals surface area contributed by atoms with Crippen LogP contribution in [0.4, 0.5) is 0 Å². The van der Waals surface area contributed by atoms with Gasteiger partial charge in [0.15, 0.2) is 0 Å². The highest BCUT2D eigenvalue weighted by atomic mass is 16.6. The highest BCUT2D eigenvalue weighted by Gasteiger charge is 2.54. The Labute approximate surface area is 113 Å². The first-order valence-corrected chi connectivity index (χ1v) is 7.15. The summed E-state index contributed by atoms with van der Waals surface area (Å²) in [6.45, 7) is 6.16. The van der Waals surface area contributed by atoms with Gasteiger partial charge < -0.3 is 4.74 Å². The lowest BCUT2D eigenvalue weighted by atomic mass is 9.62. The highest BCUT2D eigenvalue weighted by Crippen LogP contribution is 2.51. The first-order chi connectivity index (χ1) is 9.02. The summed E-state index contributed by atoms with van der Waals surface area (Å²) < 4.78 is 4.95. The number of fused-ring (bicyclic) bond motifs is 3. The normalized spacial score (nSPS) is 34.1. The van der Waals surface area contributed by atoms with Crippen molar-refractivity contribution >= 4 is 11.9 Å². The Morgan fingerprint density at radius 2 is 1.89 bits per heavy atom. The first-order valence-electron chi connectivity index (χ1n) is 7.15. The number of carbonyl (C=O) groups is 2. The zero-order valence-electron chi connectivity index (χ0n) is 11.8. The molecule has 3 aliphatic rings. The van der Waals surface area contributed by atoms with Crippen LogP contribution in [-0.2, 0) is 14.3 Å². The molecule has 0 bridgehead atoms. The van der Waals surface area contributed by atoms with Crippen molar-refractivity contribution in [2.45, 2.75) is 46.5 Å². The molecular formula is C16H20O3. The number of hydrogen-bond donors (Lipinski definition) is 0. The Balaban J connectivity index is 2.20. The van der Waals surface area contributed by atoms with Crippen molar-refractivity contribution in [1.82, 2.24) is 0 Å². The molecule has 0 aromatic heterocycles. The third-order valence-corrected chi connectivity index (χ3v) is 4.91. The number of allylic oxidation sites excluding steroid dienone is 3. The summed E-state index contributed by atoms with van der Waals surface area (Å²) in [6.07, 6.45) is 4.43. The second-order valence-electron chi connectivity index (χ2n) is 6.16. The molecule has 0 aromatic rings. The minimum absolute atomic E-state index is 0.237. The Morgan fingerprint density at radius 3 is 2.58 bits per heavy atom. The molecule has 102 valence electrons. The summed E-state index contributed by atoms with van der Waals surface area (Å²) in [4.78, 5) is 24.1. The topological polar surface area (TPSA) is 43.4 Å².